The van der Waals surface area contributed by atoms with Gasteiger partial charge in [-0.05, 0) is 31.0 Å². The number of nitrogens with zero attached hydrogens (tertiary/aromatic N) is 2. The molecule has 6 heteroatoms. The number of hydrogen-bond donors (Lipinski definition) is 1. The first-order valence-electron chi connectivity index (χ1n) is 6.17. The van der Waals surface area contributed by atoms with E-state index in [9.17, 15) is 4.79 Å². The van der Waals surface area contributed by atoms with Crippen molar-refractivity contribution >= 4 is 36.4 Å². The van der Waals surface area contributed by atoms with Crippen LogP contribution in [0.25, 0.3) is 0 Å². The zero-order valence-corrected chi connectivity index (χ0v) is 12.5. The molecular formula is C13H19Cl2N3O. The van der Waals surface area contributed by atoms with Crippen molar-refractivity contribution in [3.8, 4) is 0 Å². The van der Waals surface area contributed by atoms with Gasteiger partial charge in [-0.1, -0.05) is 6.92 Å². The summed E-state index contributed by atoms with van der Waals surface area (Å²) >= 11 is 0. The van der Waals surface area contributed by atoms with Gasteiger partial charge in [-0.25, -0.2) is 0 Å². The van der Waals surface area contributed by atoms with Gasteiger partial charge in [-0.3, -0.25) is 9.78 Å². The fourth-order valence-electron chi connectivity index (χ4n) is 3.05. The van der Waals surface area contributed by atoms with E-state index in [1.165, 1.54) is 0 Å². The van der Waals surface area contributed by atoms with Crippen LogP contribution in [0.2, 0.25) is 0 Å². The SMILES string of the molecule is C[C@@H]1CNC[C@]12CCN(c1cccnc1)C2=O.Cl.Cl. The van der Waals surface area contributed by atoms with Crippen molar-refractivity contribution in [1.82, 2.24) is 10.3 Å². The highest BCUT2D eigenvalue weighted by atomic mass is 35.5. The average molecular weight is 304 g/mol. The summed E-state index contributed by atoms with van der Waals surface area (Å²) in [5, 5.41) is 3.34. The summed E-state index contributed by atoms with van der Waals surface area (Å²) in [5.74, 6) is 0.694. The molecule has 3 rings (SSSR count). The van der Waals surface area contributed by atoms with Crippen molar-refractivity contribution in [3.05, 3.63) is 24.5 Å². The van der Waals surface area contributed by atoms with Gasteiger partial charge in [-0.2, -0.15) is 0 Å². The summed E-state index contributed by atoms with van der Waals surface area (Å²) in [6, 6.07) is 3.83. The molecule has 2 saturated heterocycles. The van der Waals surface area contributed by atoms with Crippen LogP contribution in [-0.4, -0.2) is 30.5 Å². The third-order valence-corrected chi connectivity index (χ3v) is 4.24. The van der Waals surface area contributed by atoms with Crippen LogP contribution in [0.4, 0.5) is 5.69 Å². The summed E-state index contributed by atoms with van der Waals surface area (Å²) in [7, 11) is 0. The van der Waals surface area contributed by atoms with Crippen LogP contribution >= 0.6 is 24.8 Å². The highest BCUT2D eigenvalue weighted by Gasteiger charge is 2.52. The first kappa shape index (κ1) is 16.2. The number of carbonyl (C=O) groups excluding carboxylic acids is 1. The molecule has 19 heavy (non-hydrogen) atoms. The van der Waals surface area contributed by atoms with Crippen molar-refractivity contribution in [3.63, 3.8) is 0 Å². The molecule has 4 nitrogen and oxygen atoms in total. The number of nitrogens with one attached hydrogen (secondary N) is 1. The van der Waals surface area contributed by atoms with Crippen LogP contribution in [0.15, 0.2) is 24.5 Å². The molecule has 3 heterocycles. The number of carbonyl (C=O) groups is 1. The van der Waals surface area contributed by atoms with Gasteiger partial charge < -0.3 is 10.2 Å². The molecule has 1 amide bonds. The Hall–Kier alpha value is -0.840. The molecule has 0 unspecified atom stereocenters. The van der Waals surface area contributed by atoms with E-state index < -0.39 is 0 Å². The van der Waals surface area contributed by atoms with E-state index in [0.29, 0.717) is 5.92 Å². The van der Waals surface area contributed by atoms with Crippen LogP contribution in [0.1, 0.15) is 13.3 Å². The number of pyridine rings is 1. The Labute approximate surface area is 125 Å². The van der Waals surface area contributed by atoms with Crippen molar-refractivity contribution < 1.29 is 4.79 Å². The normalized spacial score (nSPS) is 29.2. The van der Waals surface area contributed by atoms with E-state index in [2.05, 4.69) is 17.2 Å². The standard InChI is InChI=1S/C13H17N3O.2ClH/c1-10-7-15-9-13(10)4-6-16(12(13)17)11-3-2-5-14-8-11;;/h2-3,5,8,10,15H,4,6-7,9H2,1H3;2*1H/t10-,13-;;/m1../s1. The Balaban J connectivity index is 0.000000902. The molecule has 0 aromatic carbocycles. The van der Waals surface area contributed by atoms with Crippen molar-refractivity contribution in [2.45, 2.75) is 13.3 Å². The number of rotatable bonds is 1. The lowest BCUT2D eigenvalue weighted by atomic mass is 9.78. The minimum Gasteiger partial charge on any atom is -0.315 e. The minimum absolute atomic E-state index is 0. The molecule has 2 aliphatic heterocycles. The maximum Gasteiger partial charge on any atom is 0.234 e. The van der Waals surface area contributed by atoms with E-state index in [0.717, 1.165) is 31.7 Å². The number of amides is 1. The summed E-state index contributed by atoms with van der Waals surface area (Å²) in [6.07, 6.45) is 4.46. The highest BCUT2D eigenvalue weighted by molar-refractivity contribution is 6.00. The lowest BCUT2D eigenvalue weighted by molar-refractivity contribution is -0.126. The van der Waals surface area contributed by atoms with Gasteiger partial charge in [0.05, 0.1) is 17.3 Å². The quantitative estimate of drug-likeness (QED) is 0.862. The molecule has 1 spiro atoms. The monoisotopic (exact) mass is 303 g/mol. The lowest BCUT2D eigenvalue weighted by Crippen LogP contribution is -2.39. The van der Waals surface area contributed by atoms with Gasteiger partial charge in [0.15, 0.2) is 0 Å². The second-order valence-corrected chi connectivity index (χ2v) is 5.11. The molecule has 1 N–H and O–H groups in total. The van der Waals surface area contributed by atoms with Crippen LogP contribution in [-0.2, 0) is 4.79 Å². The van der Waals surface area contributed by atoms with Gasteiger partial charge in [0.25, 0.3) is 0 Å². The van der Waals surface area contributed by atoms with E-state index in [1.54, 1.807) is 12.4 Å². The zero-order valence-electron chi connectivity index (χ0n) is 10.8. The van der Waals surface area contributed by atoms with E-state index in [1.807, 2.05) is 17.0 Å². The number of anilines is 1. The summed E-state index contributed by atoms with van der Waals surface area (Å²) in [5.41, 5.74) is 0.754. The molecule has 2 atom stereocenters. The Bertz CT molecular complexity index is 443. The summed E-state index contributed by atoms with van der Waals surface area (Å²) in [6.45, 7) is 4.76. The van der Waals surface area contributed by atoms with E-state index in [4.69, 9.17) is 0 Å². The zero-order chi connectivity index (χ0) is 11.9. The fourth-order valence-corrected chi connectivity index (χ4v) is 3.05. The molecule has 2 aliphatic rings. The molecule has 0 aliphatic carbocycles. The second kappa shape index (κ2) is 6.07. The van der Waals surface area contributed by atoms with Crippen LogP contribution in [0, 0.1) is 11.3 Å². The molecule has 106 valence electrons. The number of aromatic nitrogens is 1. The van der Waals surface area contributed by atoms with Gasteiger partial charge in [0, 0.05) is 19.3 Å². The van der Waals surface area contributed by atoms with Crippen LogP contribution < -0.4 is 10.2 Å². The van der Waals surface area contributed by atoms with Crippen molar-refractivity contribution in [1.29, 1.82) is 0 Å². The second-order valence-electron chi connectivity index (χ2n) is 5.11. The number of halogens is 2. The van der Waals surface area contributed by atoms with Gasteiger partial charge in [0.2, 0.25) is 5.91 Å². The largest absolute Gasteiger partial charge is 0.315 e. The van der Waals surface area contributed by atoms with E-state index in [-0.39, 0.29) is 36.1 Å². The predicted octanol–water partition coefficient (Wildman–Crippen LogP) is 1.89. The lowest BCUT2D eigenvalue weighted by Gasteiger charge is -2.26. The Morgan fingerprint density at radius 2 is 2.26 bits per heavy atom. The highest BCUT2D eigenvalue weighted by Crippen LogP contribution is 2.42. The maximum atomic E-state index is 12.6. The molecule has 0 radical (unpaired) electrons. The summed E-state index contributed by atoms with van der Waals surface area (Å²) < 4.78 is 0. The fraction of sp³-hybridized carbons (Fsp3) is 0.538. The predicted molar refractivity (Wildman–Crippen MR) is 80.2 cm³/mol. The first-order valence-corrected chi connectivity index (χ1v) is 6.17. The minimum atomic E-state index is -0.171. The van der Waals surface area contributed by atoms with Gasteiger partial charge in [-0.15, -0.1) is 24.8 Å². The Kier molecular flexibility index (Phi) is 5.18. The molecule has 1 aromatic heterocycles. The first-order chi connectivity index (χ1) is 8.24. The molecule has 0 saturated carbocycles. The molecule has 2 fully saturated rings. The van der Waals surface area contributed by atoms with Crippen molar-refractivity contribution in [2.75, 3.05) is 24.5 Å². The Morgan fingerprint density at radius 3 is 2.84 bits per heavy atom. The van der Waals surface area contributed by atoms with Crippen molar-refractivity contribution in [2.24, 2.45) is 11.3 Å². The average Bonchev–Trinajstić information content (AvgIpc) is 2.88. The third kappa shape index (κ3) is 2.45. The molecular weight excluding hydrogens is 285 g/mol. The van der Waals surface area contributed by atoms with Crippen LogP contribution in [0.5, 0.6) is 0 Å². The van der Waals surface area contributed by atoms with Crippen LogP contribution in [0.3, 0.4) is 0 Å². The smallest absolute Gasteiger partial charge is 0.234 e. The third-order valence-electron chi connectivity index (χ3n) is 4.24. The number of hydrogen-bond acceptors (Lipinski definition) is 3. The van der Waals surface area contributed by atoms with Gasteiger partial charge in [0.1, 0.15) is 0 Å². The maximum absolute atomic E-state index is 12.6. The Morgan fingerprint density at radius 1 is 1.47 bits per heavy atom. The van der Waals surface area contributed by atoms with E-state index >= 15 is 0 Å². The topological polar surface area (TPSA) is 45.2 Å². The van der Waals surface area contributed by atoms with Gasteiger partial charge >= 0.3 is 0 Å². The summed E-state index contributed by atoms with van der Waals surface area (Å²) in [4.78, 5) is 18.6. The molecule has 1 aromatic rings. The molecule has 0 bridgehead atoms.